The summed E-state index contributed by atoms with van der Waals surface area (Å²) in [6.07, 6.45) is 3.67. The van der Waals surface area contributed by atoms with E-state index in [1.165, 1.54) is 5.56 Å². The summed E-state index contributed by atoms with van der Waals surface area (Å²) in [5, 5.41) is 7.69. The van der Waals surface area contributed by atoms with Crippen LogP contribution < -0.4 is 5.32 Å². The highest BCUT2D eigenvalue weighted by molar-refractivity contribution is 5.30. The van der Waals surface area contributed by atoms with Crippen molar-refractivity contribution in [1.29, 1.82) is 0 Å². The highest BCUT2D eigenvalue weighted by Crippen LogP contribution is 2.10. The molecule has 2 rings (SSSR count). The molecule has 96 valence electrons. The van der Waals surface area contributed by atoms with Gasteiger partial charge in [-0.05, 0) is 51.5 Å². The molecule has 0 fully saturated rings. The monoisotopic (exact) mass is 244 g/mol. The first kappa shape index (κ1) is 12.8. The summed E-state index contributed by atoms with van der Waals surface area (Å²) in [4.78, 5) is 4.49. The lowest BCUT2D eigenvalue weighted by Crippen LogP contribution is -2.35. The predicted octanol–water partition coefficient (Wildman–Crippen LogP) is 2.46. The number of hydrogen-bond acceptors (Lipinski definition) is 3. The first-order chi connectivity index (χ1) is 8.44. The maximum Gasteiger partial charge on any atom is 0.153 e. The van der Waals surface area contributed by atoms with Gasteiger partial charge in [0.25, 0.3) is 0 Å². The van der Waals surface area contributed by atoms with Gasteiger partial charge in [-0.25, -0.2) is 9.67 Å². The van der Waals surface area contributed by atoms with Gasteiger partial charge in [0, 0.05) is 30.2 Å². The van der Waals surface area contributed by atoms with Crippen LogP contribution in [-0.2, 0) is 6.54 Å². The van der Waals surface area contributed by atoms with E-state index in [4.69, 9.17) is 0 Å². The van der Waals surface area contributed by atoms with E-state index in [-0.39, 0.29) is 5.54 Å². The van der Waals surface area contributed by atoms with Crippen LogP contribution >= 0.6 is 0 Å². The highest BCUT2D eigenvalue weighted by Gasteiger charge is 2.09. The Kier molecular flexibility index (Phi) is 3.48. The molecule has 0 aromatic carbocycles. The van der Waals surface area contributed by atoms with Crippen LogP contribution in [0.3, 0.4) is 0 Å². The Labute approximate surface area is 108 Å². The van der Waals surface area contributed by atoms with Gasteiger partial charge in [-0.1, -0.05) is 0 Å². The van der Waals surface area contributed by atoms with Gasteiger partial charge in [0.15, 0.2) is 5.82 Å². The van der Waals surface area contributed by atoms with Gasteiger partial charge in [-0.3, -0.25) is 0 Å². The van der Waals surface area contributed by atoms with Gasteiger partial charge in [0.2, 0.25) is 0 Å². The second-order valence-corrected chi connectivity index (χ2v) is 5.53. The predicted molar refractivity (Wildman–Crippen MR) is 72.7 cm³/mol. The van der Waals surface area contributed by atoms with Gasteiger partial charge in [-0.15, -0.1) is 0 Å². The van der Waals surface area contributed by atoms with Crippen LogP contribution in [0.1, 0.15) is 32.0 Å². The van der Waals surface area contributed by atoms with Gasteiger partial charge >= 0.3 is 0 Å². The molecule has 18 heavy (non-hydrogen) atoms. The van der Waals surface area contributed by atoms with Crippen molar-refractivity contribution in [2.45, 2.75) is 39.8 Å². The van der Waals surface area contributed by atoms with E-state index in [9.17, 15) is 0 Å². The summed E-state index contributed by atoms with van der Waals surface area (Å²) < 4.78 is 1.79. The van der Waals surface area contributed by atoms with Gasteiger partial charge in [0.05, 0.1) is 0 Å². The van der Waals surface area contributed by atoms with Gasteiger partial charge < -0.3 is 5.32 Å². The molecule has 0 bridgehead atoms. The molecule has 0 aliphatic carbocycles. The summed E-state index contributed by atoms with van der Waals surface area (Å²) in [5.74, 6) is 0.866. The molecular formula is C14H20N4. The maximum absolute atomic E-state index is 4.49. The van der Waals surface area contributed by atoms with Gasteiger partial charge in [-0.2, -0.15) is 5.10 Å². The molecule has 0 saturated carbocycles. The Bertz CT molecular complexity index is 509. The number of pyridine rings is 1. The van der Waals surface area contributed by atoms with E-state index in [0.717, 1.165) is 18.1 Å². The number of nitrogens with zero attached hydrogens (tertiary/aromatic N) is 3. The number of aryl methyl sites for hydroxylation is 1. The lowest BCUT2D eigenvalue weighted by molar-refractivity contribution is 0.424. The minimum atomic E-state index is 0.114. The van der Waals surface area contributed by atoms with Crippen molar-refractivity contribution in [3.8, 4) is 5.82 Å². The first-order valence-electron chi connectivity index (χ1n) is 6.17. The molecule has 4 heteroatoms. The molecule has 0 atom stereocenters. The molecule has 2 aromatic heterocycles. The molecule has 2 aromatic rings. The van der Waals surface area contributed by atoms with Crippen molar-refractivity contribution >= 4 is 0 Å². The van der Waals surface area contributed by atoms with E-state index in [2.05, 4.69) is 48.3 Å². The lowest BCUT2D eigenvalue weighted by Gasteiger charge is -2.20. The molecule has 0 unspecified atom stereocenters. The smallest absolute Gasteiger partial charge is 0.153 e. The minimum absolute atomic E-state index is 0.114. The van der Waals surface area contributed by atoms with Crippen molar-refractivity contribution < 1.29 is 0 Å². The fourth-order valence-electron chi connectivity index (χ4n) is 1.71. The molecule has 0 aliphatic heterocycles. The van der Waals surface area contributed by atoms with E-state index in [1.54, 1.807) is 10.9 Å². The zero-order valence-electron chi connectivity index (χ0n) is 11.4. The van der Waals surface area contributed by atoms with Crippen LogP contribution in [0.2, 0.25) is 0 Å². The Hall–Kier alpha value is -1.68. The molecule has 1 N–H and O–H groups in total. The zero-order chi connectivity index (χ0) is 13.2. The average molecular weight is 244 g/mol. The van der Waals surface area contributed by atoms with Gasteiger partial charge in [0.1, 0.15) is 0 Å². The number of hydrogen-bond donors (Lipinski definition) is 1. The van der Waals surface area contributed by atoms with Crippen molar-refractivity contribution in [2.75, 3.05) is 0 Å². The molecule has 0 radical (unpaired) electrons. The second kappa shape index (κ2) is 4.90. The largest absolute Gasteiger partial charge is 0.308 e. The number of aromatic nitrogens is 3. The summed E-state index contributed by atoms with van der Waals surface area (Å²) in [5.41, 5.74) is 2.35. The van der Waals surface area contributed by atoms with Crippen LogP contribution in [0.25, 0.3) is 5.82 Å². The van der Waals surface area contributed by atoms with Crippen LogP contribution in [0.15, 0.2) is 30.6 Å². The summed E-state index contributed by atoms with van der Waals surface area (Å²) in [7, 11) is 0. The zero-order valence-corrected chi connectivity index (χ0v) is 11.4. The number of nitrogens with one attached hydrogen (secondary N) is 1. The van der Waals surface area contributed by atoms with Crippen molar-refractivity contribution in [3.63, 3.8) is 0 Å². The van der Waals surface area contributed by atoms with Crippen molar-refractivity contribution in [2.24, 2.45) is 0 Å². The van der Waals surface area contributed by atoms with Crippen LogP contribution in [0.4, 0.5) is 0 Å². The van der Waals surface area contributed by atoms with E-state index >= 15 is 0 Å². The van der Waals surface area contributed by atoms with Crippen LogP contribution in [0.5, 0.6) is 0 Å². The Morgan fingerprint density at radius 1 is 1.28 bits per heavy atom. The molecule has 0 spiro atoms. The average Bonchev–Trinajstić information content (AvgIpc) is 2.78. The molecular weight excluding hydrogens is 224 g/mol. The molecule has 4 nitrogen and oxygen atoms in total. The number of rotatable bonds is 3. The standard InChI is InChI=1S/C14H20N4/c1-11-8-12(10-15-14(2,3)4)9-13(17-11)18-7-5-6-16-18/h5-9,15H,10H2,1-4H3. The van der Waals surface area contributed by atoms with E-state index in [0.29, 0.717) is 0 Å². The third kappa shape index (κ3) is 3.40. The van der Waals surface area contributed by atoms with Crippen LogP contribution in [-0.4, -0.2) is 20.3 Å². The molecule has 2 heterocycles. The fraction of sp³-hybridized carbons (Fsp3) is 0.429. The lowest BCUT2D eigenvalue weighted by atomic mass is 10.1. The normalized spacial score (nSPS) is 11.8. The first-order valence-corrected chi connectivity index (χ1v) is 6.17. The third-order valence-corrected chi connectivity index (χ3v) is 2.56. The molecule has 0 aliphatic rings. The van der Waals surface area contributed by atoms with Crippen molar-refractivity contribution in [3.05, 3.63) is 41.9 Å². The van der Waals surface area contributed by atoms with Crippen molar-refractivity contribution in [1.82, 2.24) is 20.1 Å². The SMILES string of the molecule is Cc1cc(CNC(C)(C)C)cc(-n2cccn2)n1. The summed E-state index contributed by atoms with van der Waals surface area (Å²) in [6, 6.07) is 6.07. The highest BCUT2D eigenvalue weighted by atomic mass is 15.3. The Morgan fingerprint density at radius 3 is 2.67 bits per heavy atom. The topological polar surface area (TPSA) is 42.7 Å². The third-order valence-electron chi connectivity index (χ3n) is 2.56. The molecule has 0 saturated heterocycles. The molecule has 0 amide bonds. The Balaban J connectivity index is 2.22. The van der Waals surface area contributed by atoms with E-state index < -0.39 is 0 Å². The fourth-order valence-corrected chi connectivity index (χ4v) is 1.71. The second-order valence-electron chi connectivity index (χ2n) is 5.53. The summed E-state index contributed by atoms with van der Waals surface area (Å²) in [6.45, 7) is 9.33. The summed E-state index contributed by atoms with van der Waals surface area (Å²) >= 11 is 0. The van der Waals surface area contributed by atoms with E-state index in [1.807, 2.05) is 19.2 Å². The Morgan fingerprint density at radius 2 is 2.06 bits per heavy atom. The van der Waals surface area contributed by atoms with Crippen LogP contribution in [0, 0.1) is 6.92 Å². The quantitative estimate of drug-likeness (QED) is 0.902. The minimum Gasteiger partial charge on any atom is -0.308 e. The maximum atomic E-state index is 4.49.